The van der Waals surface area contributed by atoms with Gasteiger partial charge in [-0.2, -0.15) is 149 Å². The molecule has 0 fully saturated rings. The zero-order valence-electron chi connectivity index (χ0n) is 28.2. The molecule has 0 atom stereocenters. The van der Waals surface area contributed by atoms with Crippen molar-refractivity contribution in [3.8, 4) is 0 Å². The Labute approximate surface area is 325 Å². The van der Waals surface area contributed by atoms with Gasteiger partial charge in [0.25, 0.3) is 0 Å². The van der Waals surface area contributed by atoms with E-state index in [0.717, 1.165) is 0 Å². The lowest BCUT2D eigenvalue weighted by atomic mass is 9.79. The van der Waals surface area contributed by atoms with E-state index in [9.17, 15) is 114 Å². The van der Waals surface area contributed by atoms with Gasteiger partial charge in [0.05, 0.1) is 11.0 Å². The molecule has 0 aliphatic heterocycles. The summed E-state index contributed by atoms with van der Waals surface area (Å²) in [5.41, 5.74) is -13.4. The number of rotatable bonds is 14. The van der Waals surface area contributed by atoms with Crippen LogP contribution in [0.1, 0.15) is 11.1 Å². The number of alkyl halides is 34. The van der Waals surface area contributed by atoms with Crippen molar-refractivity contribution in [3.05, 3.63) is 47.8 Å². The van der Waals surface area contributed by atoms with Crippen molar-refractivity contribution >= 4 is 21.8 Å². The van der Waals surface area contributed by atoms with Crippen molar-refractivity contribution in [2.75, 3.05) is 0 Å². The Kier molecular flexibility index (Phi) is 11.9. The van der Waals surface area contributed by atoms with Gasteiger partial charge in [0.15, 0.2) is 0 Å². The van der Waals surface area contributed by atoms with Crippen LogP contribution < -0.4 is 0 Å². The first-order valence-corrected chi connectivity index (χ1v) is 14.8. The van der Waals surface area contributed by atoms with Crippen molar-refractivity contribution in [2.45, 2.75) is 95.3 Å². The van der Waals surface area contributed by atoms with E-state index in [4.69, 9.17) is 0 Å². The first-order chi connectivity index (χ1) is 27.7. The Morgan fingerprint density at radius 2 is 0.438 bits per heavy atom. The van der Waals surface area contributed by atoms with Crippen molar-refractivity contribution in [2.24, 2.45) is 0 Å². The summed E-state index contributed by atoms with van der Waals surface area (Å²) in [7, 11) is 0. The Hall–Kier alpha value is -4.34. The standard InChI is InChI=1S/C28H6F34N2/c29-13(30,15(33,34)17(37,38)19(41,42)21(45,46)23(49,50)25(53,54)27(57,58)59)9-7-3-1-5-63-11(7)12-8(4-2-6-64-12)10(9)14(31,32)16(35,36)18(39,40)20(43,44)22(47,48)24(51,52)26(55,56)28(60,61)62/h1-6H. The van der Waals surface area contributed by atoms with Crippen LogP contribution in [0.25, 0.3) is 21.8 Å². The van der Waals surface area contributed by atoms with Gasteiger partial charge < -0.3 is 0 Å². The van der Waals surface area contributed by atoms with Crippen molar-refractivity contribution in [1.82, 2.24) is 9.97 Å². The molecule has 0 N–H and O–H groups in total. The van der Waals surface area contributed by atoms with E-state index < -0.39 is 140 Å². The third-order valence-electron chi connectivity index (χ3n) is 8.70. The smallest absolute Gasteiger partial charge is 0.254 e. The van der Waals surface area contributed by atoms with E-state index in [0.29, 0.717) is 0 Å². The van der Waals surface area contributed by atoms with Gasteiger partial charge in [-0.05, 0) is 12.1 Å². The fourth-order valence-electron chi connectivity index (χ4n) is 5.15. The number of hydrogen-bond acceptors (Lipinski definition) is 2. The average molecular weight is 1020 g/mol. The third kappa shape index (κ3) is 6.28. The second-order valence-corrected chi connectivity index (χ2v) is 12.6. The van der Waals surface area contributed by atoms with Crippen LogP contribution in [0, 0.1) is 0 Å². The van der Waals surface area contributed by atoms with Crippen molar-refractivity contribution in [3.63, 3.8) is 0 Å². The molecule has 0 saturated heterocycles. The molecule has 36 heteroatoms. The monoisotopic (exact) mass is 1020 g/mol. The maximum absolute atomic E-state index is 15.9. The van der Waals surface area contributed by atoms with Crippen molar-refractivity contribution < 1.29 is 149 Å². The SMILES string of the molecule is FC(F)(F)C(F)(F)C(F)(F)C(F)(F)C(F)(F)C(F)(F)C(F)(F)C(F)(F)c1c(C(F)(F)C(F)(F)C(F)(F)C(F)(F)C(F)(F)C(F)(F)C(F)(F)C(F)(F)F)c2cccnc2c2ncccc12. The molecule has 0 unspecified atom stereocenters. The van der Waals surface area contributed by atoms with Gasteiger partial charge in [0.1, 0.15) is 0 Å². The minimum atomic E-state index is -9.59. The lowest BCUT2D eigenvalue weighted by molar-refractivity contribution is -0.464. The van der Waals surface area contributed by atoms with Crippen LogP contribution in [-0.2, 0) is 11.8 Å². The molecular formula is C28H6F34N2. The van der Waals surface area contributed by atoms with Gasteiger partial charge in [0, 0.05) is 34.3 Å². The summed E-state index contributed by atoms with van der Waals surface area (Å²) in [6.45, 7) is 0. The third-order valence-corrected chi connectivity index (χ3v) is 8.70. The summed E-state index contributed by atoms with van der Waals surface area (Å²) in [6, 6.07) is -1.81. The minimum absolute atomic E-state index is 0.0723. The molecule has 0 saturated carbocycles. The zero-order valence-corrected chi connectivity index (χ0v) is 28.2. The molecule has 0 spiro atoms. The molecule has 2 aromatic heterocycles. The van der Waals surface area contributed by atoms with Crippen molar-refractivity contribution in [1.29, 1.82) is 0 Å². The van der Waals surface area contributed by atoms with E-state index in [1.165, 1.54) is 0 Å². The van der Waals surface area contributed by atoms with E-state index >= 15 is 35.1 Å². The van der Waals surface area contributed by atoms with Crippen LogP contribution in [-0.4, -0.2) is 93.4 Å². The number of pyridine rings is 2. The molecule has 64 heavy (non-hydrogen) atoms. The maximum atomic E-state index is 15.9. The second-order valence-electron chi connectivity index (χ2n) is 12.6. The number of nitrogens with zero attached hydrogens (tertiary/aromatic N) is 2. The lowest BCUT2D eigenvalue weighted by Crippen LogP contribution is -2.74. The second kappa shape index (κ2) is 14.1. The Morgan fingerprint density at radius 1 is 0.250 bits per heavy atom. The summed E-state index contributed by atoms with van der Waals surface area (Å²) in [5, 5.41) is -5.83. The van der Waals surface area contributed by atoms with Crippen LogP contribution in [0.4, 0.5) is 149 Å². The van der Waals surface area contributed by atoms with Gasteiger partial charge in [-0.1, -0.05) is 12.1 Å². The highest BCUT2D eigenvalue weighted by molar-refractivity contribution is 6.07. The normalized spacial score (nSPS) is 16.3. The lowest BCUT2D eigenvalue weighted by Gasteiger charge is -2.44. The van der Waals surface area contributed by atoms with Gasteiger partial charge in [-0.3, -0.25) is 9.97 Å². The van der Waals surface area contributed by atoms with Crippen LogP contribution >= 0.6 is 0 Å². The highest BCUT2D eigenvalue weighted by Gasteiger charge is 2.97. The largest absolute Gasteiger partial charge is 0.460 e. The first kappa shape index (κ1) is 54.0. The number of aromatic nitrogens is 2. The average Bonchev–Trinajstić information content (AvgIpc) is 3.12. The van der Waals surface area contributed by atoms with Gasteiger partial charge in [0.2, 0.25) is 0 Å². The quantitative estimate of drug-likeness (QED) is 0.119. The van der Waals surface area contributed by atoms with Gasteiger partial charge >= 0.3 is 95.3 Å². The molecule has 0 aliphatic carbocycles. The molecule has 0 aliphatic rings. The molecule has 2 heterocycles. The van der Waals surface area contributed by atoms with Gasteiger partial charge in [-0.15, -0.1) is 0 Å². The van der Waals surface area contributed by atoms with E-state index in [1.807, 2.05) is 0 Å². The van der Waals surface area contributed by atoms with E-state index in [1.54, 1.807) is 0 Å². The zero-order chi connectivity index (χ0) is 51.1. The first-order valence-electron chi connectivity index (χ1n) is 14.8. The predicted octanol–water partition coefficient (Wildman–Crippen LogP) is 13.7. The number of halogens is 34. The fourth-order valence-corrected chi connectivity index (χ4v) is 5.15. The highest BCUT2D eigenvalue weighted by atomic mass is 19.4. The van der Waals surface area contributed by atoms with Crippen LogP contribution in [0.15, 0.2) is 36.7 Å². The summed E-state index contributed by atoms with van der Waals surface area (Å²) in [4.78, 5) is 5.68. The summed E-state index contributed by atoms with van der Waals surface area (Å²) < 4.78 is 481. The molecule has 0 bridgehead atoms. The summed E-state index contributed by atoms with van der Waals surface area (Å²) in [6.07, 6.45) is -16.5. The molecule has 0 radical (unpaired) electrons. The molecule has 366 valence electrons. The van der Waals surface area contributed by atoms with Gasteiger partial charge in [-0.25, -0.2) is 0 Å². The van der Waals surface area contributed by atoms with Crippen LogP contribution in [0.5, 0.6) is 0 Å². The molecule has 0 amide bonds. The Morgan fingerprint density at radius 3 is 0.641 bits per heavy atom. The molecule has 2 nitrogen and oxygen atoms in total. The topological polar surface area (TPSA) is 25.8 Å². The molecule has 3 rings (SSSR count). The highest BCUT2D eigenvalue weighted by Crippen LogP contribution is 2.69. The van der Waals surface area contributed by atoms with E-state index in [-0.39, 0.29) is 24.5 Å². The predicted molar refractivity (Wildman–Crippen MR) is 136 cm³/mol. The number of benzene rings is 1. The molecule has 3 aromatic rings. The van der Waals surface area contributed by atoms with E-state index in [2.05, 4.69) is 9.97 Å². The maximum Gasteiger partial charge on any atom is 0.460 e. The minimum Gasteiger partial charge on any atom is -0.254 e. The van der Waals surface area contributed by atoms with Crippen LogP contribution in [0.2, 0.25) is 0 Å². The van der Waals surface area contributed by atoms with Crippen LogP contribution in [0.3, 0.4) is 0 Å². The summed E-state index contributed by atoms with van der Waals surface area (Å²) >= 11 is 0. The fraction of sp³-hybridized carbons (Fsp3) is 0.571. The number of hydrogen-bond donors (Lipinski definition) is 0. The molecule has 1 aromatic carbocycles. The molecular weight excluding hydrogens is 1010 g/mol. The summed E-state index contributed by atoms with van der Waals surface area (Å²) in [5.74, 6) is -129. The number of fused-ring (bicyclic) bond motifs is 3. The Bertz CT molecular complexity index is 2090. The Balaban J connectivity index is 2.60.